The van der Waals surface area contributed by atoms with Crippen LogP contribution in [0.5, 0.6) is 0 Å². The van der Waals surface area contributed by atoms with Crippen LogP contribution in [0.4, 0.5) is 0 Å². The molecule has 0 bridgehead atoms. The van der Waals surface area contributed by atoms with Gasteiger partial charge in [-0.3, -0.25) is 19.2 Å². The number of aromatic nitrogens is 2. The van der Waals surface area contributed by atoms with Crippen molar-refractivity contribution >= 4 is 11.8 Å². The summed E-state index contributed by atoms with van der Waals surface area (Å²) in [4.78, 5) is 27.9. The first-order valence-electron chi connectivity index (χ1n) is 8.25. The number of likely N-dealkylation sites (tertiary alicyclic amines) is 1. The molecule has 0 aliphatic carbocycles. The van der Waals surface area contributed by atoms with E-state index in [9.17, 15) is 9.59 Å². The summed E-state index contributed by atoms with van der Waals surface area (Å²) < 4.78 is 6.87. The van der Waals surface area contributed by atoms with Crippen LogP contribution in [0.3, 0.4) is 0 Å². The predicted octanol–water partition coefficient (Wildman–Crippen LogP) is -0.408. The Balaban J connectivity index is 2.01. The second kappa shape index (κ2) is 8.79. The zero-order chi connectivity index (χ0) is 17.5. The summed E-state index contributed by atoms with van der Waals surface area (Å²) in [6.45, 7) is 3.15. The van der Waals surface area contributed by atoms with E-state index in [4.69, 9.17) is 10.5 Å². The molecule has 8 nitrogen and oxygen atoms in total. The molecule has 8 heteroatoms. The summed E-state index contributed by atoms with van der Waals surface area (Å²) >= 11 is 0. The Morgan fingerprint density at radius 1 is 1.50 bits per heavy atom. The number of carbonyl (C=O) groups excluding carboxylic acids is 2. The molecule has 2 amide bonds. The molecule has 2 N–H and O–H groups in total. The van der Waals surface area contributed by atoms with Crippen LogP contribution < -0.4 is 5.73 Å². The topological polar surface area (TPSA) is 93.7 Å². The first-order chi connectivity index (χ1) is 11.5. The fraction of sp³-hybridized carbons (Fsp3) is 0.688. The maximum absolute atomic E-state index is 12.9. The number of methoxy groups -OCH3 is 1. The van der Waals surface area contributed by atoms with Crippen molar-refractivity contribution in [2.75, 3.05) is 39.9 Å². The number of aryl methyl sites for hydroxylation is 1. The van der Waals surface area contributed by atoms with E-state index in [1.54, 1.807) is 18.0 Å². The van der Waals surface area contributed by atoms with Crippen LogP contribution in [0.15, 0.2) is 12.4 Å². The van der Waals surface area contributed by atoms with Gasteiger partial charge in [0.1, 0.15) is 0 Å². The minimum Gasteiger partial charge on any atom is -0.383 e. The van der Waals surface area contributed by atoms with Crippen molar-refractivity contribution in [3.63, 3.8) is 0 Å². The van der Waals surface area contributed by atoms with Gasteiger partial charge in [-0.15, -0.1) is 0 Å². The largest absolute Gasteiger partial charge is 0.383 e. The minimum atomic E-state index is -0.352. The molecule has 0 spiro atoms. The summed E-state index contributed by atoms with van der Waals surface area (Å²) in [6.07, 6.45) is 5.42. The number of piperidine rings is 1. The third-order valence-electron chi connectivity index (χ3n) is 4.24. The second-order valence-corrected chi connectivity index (χ2v) is 6.32. The maximum atomic E-state index is 12.9. The molecule has 1 fully saturated rings. The van der Waals surface area contributed by atoms with Gasteiger partial charge in [-0.1, -0.05) is 0 Å². The molecular weight excluding hydrogens is 310 g/mol. The van der Waals surface area contributed by atoms with Gasteiger partial charge in [-0.2, -0.15) is 5.10 Å². The van der Waals surface area contributed by atoms with E-state index in [1.807, 2.05) is 23.0 Å². The standard InChI is InChI=1S/C16H27N5O3/c1-19-9-13(8-18-19)10-21(6-7-24-2)16(23)14-4-3-5-20(11-14)12-15(17)22/h8-9,14H,3-7,10-12H2,1-2H3,(H2,17,22)/t14-/m0/s1. The smallest absolute Gasteiger partial charge is 0.231 e. The average Bonchev–Trinajstić information content (AvgIpc) is 2.95. The van der Waals surface area contributed by atoms with E-state index in [0.717, 1.165) is 24.9 Å². The van der Waals surface area contributed by atoms with Crippen molar-refractivity contribution in [3.8, 4) is 0 Å². The summed E-state index contributed by atoms with van der Waals surface area (Å²) in [6, 6.07) is 0. The molecule has 1 aliphatic rings. The van der Waals surface area contributed by atoms with Crippen LogP contribution in [0.25, 0.3) is 0 Å². The zero-order valence-corrected chi connectivity index (χ0v) is 14.5. The molecule has 1 aliphatic heterocycles. The van der Waals surface area contributed by atoms with Crippen molar-refractivity contribution in [1.29, 1.82) is 0 Å². The van der Waals surface area contributed by atoms with E-state index in [-0.39, 0.29) is 24.3 Å². The highest BCUT2D eigenvalue weighted by Crippen LogP contribution is 2.20. The molecule has 0 unspecified atom stereocenters. The van der Waals surface area contributed by atoms with Gasteiger partial charge < -0.3 is 15.4 Å². The predicted molar refractivity (Wildman–Crippen MR) is 88.9 cm³/mol. The first kappa shape index (κ1) is 18.4. The van der Waals surface area contributed by atoms with Crippen LogP contribution in [-0.2, 0) is 27.9 Å². The van der Waals surface area contributed by atoms with Crippen LogP contribution in [-0.4, -0.2) is 71.3 Å². The Morgan fingerprint density at radius 2 is 2.29 bits per heavy atom. The number of ether oxygens (including phenoxy) is 1. The number of rotatable bonds is 8. The van der Waals surface area contributed by atoms with Crippen molar-refractivity contribution in [2.45, 2.75) is 19.4 Å². The van der Waals surface area contributed by atoms with Gasteiger partial charge in [0.25, 0.3) is 0 Å². The van der Waals surface area contributed by atoms with Gasteiger partial charge in [-0.05, 0) is 19.4 Å². The fourth-order valence-electron chi connectivity index (χ4n) is 3.12. The molecule has 24 heavy (non-hydrogen) atoms. The normalized spacial score (nSPS) is 18.5. The number of hydrogen-bond donors (Lipinski definition) is 1. The first-order valence-corrected chi connectivity index (χ1v) is 8.25. The van der Waals surface area contributed by atoms with Crippen LogP contribution in [0.2, 0.25) is 0 Å². The Labute approximate surface area is 142 Å². The number of carbonyl (C=O) groups is 2. The molecule has 1 atom stereocenters. The molecule has 0 radical (unpaired) electrons. The summed E-state index contributed by atoms with van der Waals surface area (Å²) in [7, 11) is 3.48. The van der Waals surface area contributed by atoms with E-state index >= 15 is 0 Å². The maximum Gasteiger partial charge on any atom is 0.231 e. The highest BCUT2D eigenvalue weighted by Gasteiger charge is 2.29. The van der Waals surface area contributed by atoms with Crippen LogP contribution >= 0.6 is 0 Å². The summed E-state index contributed by atoms with van der Waals surface area (Å²) in [5.74, 6) is -0.355. The average molecular weight is 337 g/mol. The third-order valence-corrected chi connectivity index (χ3v) is 4.24. The number of nitrogens with zero attached hydrogens (tertiary/aromatic N) is 4. The van der Waals surface area contributed by atoms with E-state index < -0.39 is 0 Å². The third kappa shape index (κ3) is 5.31. The van der Waals surface area contributed by atoms with Crippen molar-refractivity contribution in [1.82, 2.24) is 19.6 Å². The van der Waals surface area contributed by atoms with Crippen LogP contribution in [0, 0.1) is 5.92 Å². The van der Waals surface area contributed by atoms with Crippen molar-refractivity contribution in [2.24, 2.45) is 18.7 Å². The molecule has 1 aromatic heterocycles. The van der Waals surface area contributed by atoms with Crippen molar-refractivity contribution in [3.05, 3.63) is 18.0 Å². The van der Waals surface area contributed by atoms with E-state index in [2.05, 4.69) is 5.10 Å². The molecule has 134 valence electrons. The minimum absolute atomic E-state index is 0.102. The summed E-state index contributed by atoms with van der Waals surface area (Å²) in [5.41, 5.74) is 6.27. The van der Waals surface area contributed by atoms with E-state index in [0.29, 0.717) is 26.2 Å². The van der Waals surface area contributed by atoms with Gasteiger partial charge >= 0.3 is 0 Å². The van der Waals surface area contributed by atoms with Gasteiger partial charge in [-0.25, -0.2) is 0 Å². The Bertz CT molecular complexity index is 560. The quantitative estimate of drug-likeness (QED) is 0.696. The Kier molecular flexibility index (Phi) is 6.74. The lowest BCUT2D eigenvalue weighted by Crippen LogP contribution is -2.47. The number of primary amides is 1. The molecular formula is C16H27N5O3. The zero-order valence-electron chi connectivity index (χ0n) is 14.5. The second-order valence-electron chi connectivity index (χ2n) is 6.32. The van der Waals surface area contributed by atoms with Gasteiger partial charge in [0.15, 0.2) is 0 Å². The van der Waals surface area contributed by atoms with Gasteiger partial charge in [0.05, 0.1) is 25.3 Å². The molecule has 0 aromatic carbocycles. The number of nitrogens with two attached hydrogens (primary N) is 1. The molecule has 2 rings (SSSR count). The Morgan fingerprint density at radius 3 is 2.92 bits per heavy atom. The highest BCUT2D eigenvalue weighted by atomic mass is 16.5. The van der Waals surface area contributed by atoms with Crippen LogP contribution in [0.1, 0.15) is 18.4 Å². The van der Waals surface area contributed by atoms with Gasteiger partial charge in [0, 0.05) is 45.6 Å². The lowest BCUT2D eigenvalue weighted by Gasteiger charge is -2.34. The lowest BCUT2D eigenvalue weighted by atomic mass is 9.96. The number of hydrogen-bond acceptors (Lipinski definition) is 5. The molecule has 0 saturated carbocycles. The summed E-state index contributed by atoms with van der Waals surface area (Å²) in [5, 5.41) is 4.15. The van der Waals surface area contributed by atoms with E-state index in [1.165, 1.54) is 0 Å². The molecule has 1 saturated heterocycles. The molecule has 1 aromatic rings. The highest BCUT2D eigenvalue weighted by molar-refractivity contribution is 5.79. The monoisotopic (exact) mass is 337 g/mol. The van der Waals surface area contributed by atoms with Crippen molar-refractivity contribution < 1.29 is 14.3 Å². The fourth-order valence-corrected chi connectivity index (χ4v) is 3.12. The number of amides is 2. The lowest BCUT2D eigenvalue weighted by molar-refractivity contribution is -0.139. The molecule has 2 heterocycles. The van der Waals surface area contributed by atoms with Gasteiger partial charge in [0.2, 0.25) is 11.8 Å². The SMILES string of the molecule is COCCN(Cc1cnn(C)c1)C(=O)[C@H]1CCCN(CC(N)=O)C1. The Hall–Kier alpha value is -1.93.